The first-order valence-electron chi connectivity index (χ1n) is 8.45. The van der Waals surface area contributed by atoms with Gasteiger partial charge < -0.3 is 19.9 Å². The van der Waals surface area contributed by atoms with Crippen molar-refractivity contribution in [2.75, 3.05) is 32.3 Å². The van der Waals surface area contributed by atoms with Crippen LogP contribution in [0.1, 0.15) is 5.56 Å². The third-order valence-corrected chi connectivity index (χ3v) is 6.38. The summed E-state index contributed by atoms with van der Waals surface area (Å²) in [6, 6.07) is 4.75. The van der Waals surface area contributed by atoms with Crippen LogP contribution >= 0.6 is 23.5 Å². The van der Waals surface area contributed by atoms with E-state index in [2.05, 4.69) is 5.32 Å². The van der Waals surface area contributed by atoms with Gasteiger partial charge in [0, 0.05) is 23.1 Å². The van der Waals surface area contributed by atoms with E-state index in [9.17, 15) is 19.5 Å². The number of nitrogens with one attached hydrogen (secondary N) is 1. The molecular weight excluding hydrogens is 404 g/mol. The number of hydrogen-bond donors (Lipinski definition) is 2. The number of aliphatic hydroxyl groups is 1. The van der Waals surface area contributed by atoms with E-state index in [0.717, 1.165) is 16.7 Å². The van der Waals surface area contributed by atoms with Gasteiger partial charge in [0.2, 0.25) is 5.91 Å². The second-order valence-electron chi connectivity index (χ2n) is 6.15. The fourth-order valence-corrected chi connectivity index (χ4v) is 4.79. The zero-order chi connectivity index (χ0) is 20.3. The Hall–Kier alpha value is -2.17. The van der Waals surface area contributed by atoms with Crippen molar-refractivity contribution in [2.45, 2.75) is 12.1 Å². The SMILES string of the molecule is COc1ccc(C=C2SC(=O)N(CC(=O)NC3CSCC3O)C2=O)c(OC)c1. The largest absolute Gasteiger partial charge is 0.497 e. The van der Waals surface area contributed by atoms with E-state index in [1.165, 1.54) is 26.0 Å². The number of hydrogen-bond acceptors (Lipinski definition) is 8. The van der Waals surface area contributed by atoms with Crippen LogP contribution in [0.2, 0.25) is 0 Å². The summed E-state index contributed by atoms with van der Waals surface area (Å²) in [5.74, 6) is 1.24. The molecule has 0 spiro atoms. The molecule has 2 fully saturated rings. The molecule has 8 nitrogen and oxygen atoms in total. The molecule has 2 heterocycles. The highest BCUT2D eigenvalue weighted by Crippen LogP contribution is 2.34. The maximum absolute atomic E-state index is 12.6. The zero-order valence-corrected chi connectivity index (χ0v) is 17.0. The minimum absolute atomic E-state index is 0.206. The third kappa shape index (κ3) is 4.45. The summed E-state index contributed by atoms with van der Waals surface area (Å²) in [5.41, 5.74) is 0.615. The molecule has 10 heteroatoms. The van der Waals surface area contributed by atoms with Gasteiger partial charge in [0.05, 0.1) is 31.3 Å². The van der Waals surface area contributed by atoms with Crippen LogP contribution in [0.15, 0.2) is 23.1 Å². The van der Waals surface area contributed by atoms with Crippen molar-refractivity contribution in [1.29, 1.82) is 0 Å². The van der Waals surface area contributed by atoms with Gasteiger partial charge >= 0.3 is 0 Å². The fraction of sp³-hybridized carbons (Fsp3) is 0.389. The summed E-state index contributed by atoms with van der Waals surface area (Å²) in [4.78, 5) is 38.1. The molecule has 2 unspecified atom stereocenters. The van der Waals surface area contributed by atoms with Crippen LogP contribution in [-0.4, -0.2) is 71.5 Å². The summed E-state index contributed by atoms with van der Waals surface area (Å²) in [7, 11) is 3.03. The van der Waals surface area contributed by atoms with Crippen molar-refractivity contribution in [3.05, 3.63) is 28.7 Å². The molecular formula is C18H20N2O6S2. The molecule has 0 radical (unpaired) electrons. The van der Waals surface area contributed by atoms with Crippen molar-refractivity contribution < 1.29 is 29.0 Å². The monoisotopic (exact) mass is 424 g/mol. The fourth-order valence-electron chi connectivity index (χ4n) is 2.79. The molecule has 1 aromatic rings. The molecule has 3 amide bonds. The molecule has 2 aliphatic heterocycles. The van der Waals surface area contributed by atoms with Crippen LogP contribution in [0, 0.1) is 0 Å². The number of nitrogens with zero attached hydrogens (tertiary/aromatic N) is 1. The average molecular weight is 425 g/mol. The van der Waals surface area contributed by atoms with Crippen LogP contribution in [0.3, 0.4) is 0 Å². The van der Waals surface area contributed by atoms with Gasteiger partial charge in [-0.15, -0.1) is 0 Å². The lowest BCUT2D eigenvalue weighted by molar-refractivity contribution is -0.129. The van der Waals surface area contributed by atoms with Gasteiger partial charge in [-0.2, -0.15) is 11.8 Å². The minimum atomic E-state index is -0.619. The average Bonchev–Trinajstić information content (AvgIpc) is 3.19. The summed E-state index contributed by atoms with van der Waals surface area (Å²) >= 11 is 2.31. The molecule has 3 rings (SSSR count). The zero-order valence-electron chi connectivity index (χ0n) is 15.3. The number of methoxy groups -OCH3 is 2. The van der Waals surface area contributed by atoms with E-state index in [1.807, 2.05) is 0 Å². The van der Waals surface area contributed by atoms with Gasteiger partial charge in [0.15, 0.2) is 0 Å². The van der Waals surface area contributed by atoms with Gasteiger partial charge in [-0.1, -0.05) is 0 Å². The van der Waals surface area contributed by atoms with Gasteiger partial charge in [-0.3, -0.25) is 19.3 Å². The highest BCUT2D eigenvalue weighted by molar-refractivity contribution is 8.18. The van der Waals surface area contributed by atoms with Gasteiger partial charge in [0.1, 0.15) is 18.0 Å². The quantitative estimate of drug-likeness (QED) is 0.659. The molecule has 0 saturated carbocycles. The number of rotatable bonds is 6. The molecule has 28 heavy (non-hydrogen) atoms. The third-order valence-electron chi connectivity index (χ3n) is 4.30. The predicted octanol–water partition coefficient (Wildman–Crippen LogP) is 1.33. The van der Waals surface area contributed by atoms with Gasteiger partial charge in [0.25, 0.3) is 11.1 Å². The molecule has 0 aliphatic carbocycles. The number of aliphatic hydroxyl groups excluding tert-OH is 1. The Morgan fingerprint density at radius 2 is 2.11 bits per heavy atom. The molecule has 2 aliphatic rings. The van der Waals surface area contributed by atoms with Crippen LogP contribution in [0.4, 0.5) is 4.79 Å². The summed E-state index contributed by atoms with van der Waals surface area (Å²) in [6.07, 6.45) is 0.935. The van der Waals surface area contributed by atoms with E-state index < -0.39 is 23.2 Å². The van der Waals surface area contributed by atoms with E-state index in [1.54, 1.807) is 24.3 Å². The molecule has 2 saturated heterocycles. The van der Waals surface area contributed by atoms with E-state index in [-0.39, 0.29) is 17.5 Å². The summed E-state index contributed by atoms with van der Waals surface area (Å²) in [6.45, 7) is -0.379. The molecule has 0 aromatic heterocycles. The number of carbonyl (C=O) groups is 3. The van der Waals surface area contributed by atoms with E-state index in [4.69, 9.17) is 9.47 Å². The summed E-state index contributed by atoms with van der Waals surface area (Å²) < 4.78 is 10.4. The lowest BCUT2D eigenvalue weighted by Crippen LogP contribution is -2.47. The molecule has 0 bridgehead atoms. The first kappa shape index (κ1) is 20.6. The van der Waals surface area contributed by atoms with E-state index in [0.29, 0.717) is 28.6 Å². The van der Waals surface area contributed by atoms with Crippen LogP contribution in [0.25, 0.3) is 6.08 Å². The molecule has 2 N–H and O–H groups in total. The predicted molar refractivity (Wildman–Crippen MR) is 107 cm³/mol. The highest BCUT2D eigenvalue weighted by Gasteiger charge is 2.37. The second kappa shape index (κ2) is 8.89. The highest BCUT2D eigenvalue weighted by atomic mass is 32.2. The Morgan fingerprint density at radius 1 is 1.32 bits per heavy atom. The lowest BCUT2D eigenvalue weighted by atomic mass is 10.1. The number of imide groups is 1. The van der Waals surface area contributed by atoms with Crippen molar-refractivity contribution in [1.82, 2.24) is 10.2 Å². The van der Waals surface area contributed by atoms with Crippen molar-refractivity contribution in [3.8, 4) is 11.5 Å². The van der Waals surface area contributed by atoms with Gasteiger partial charge in [-0.05, 0) is 30.0 Å². The number of carbonyl (C=O) groups excluding carboxylic acids is 3. The van der Waals surface area contributed by atoms with Gasteiger partial charge in [-0.25, -0.2) is 0 Å². The van der Waals surface area contributed by atoms with Crippen LogP contribution in [-0.2, 0) is 9.59 Å². The first-order chi connectivity index (χ1) is 13.4. The minimum Gasteiger partial charge on any atom is -0.497 e. The molecule has 2 atom stereocenters. The number of ether oxygens (including phenoxy) is 2. The van der Waals surface area contributed by atoms with Crippen molar-refractivity contribution in [2.24, 2.45) is 0 Å². The Morgan fingerprint density at radius 3 is 2.75 bits per heavy atom. The summed E-state index contributed by atoms with van der Waals surface area (Å²) in [5, 5.41) is 11.9. The van der Waals surface area contributed by atoms with Crippen molar-refractivity contribution >= 4 is 46.7 Å². The van der Waals surface area contributed by atoms with E-state index >= 15 is 0 Å². The molecule has 1 aromatic carbocycles. The topological polar surface area (TPSA) is 105 Å². The number of amides is 3. The first-order valence-corrected chi connectivity index (χ1v) is 10.4. The maximum Gasteiger partial charge on any atom is 0.294 e. The van der Waals surface area contributed by atoms with Crippen LogP contribution in [0.5, 0.6) is 11.5 Å². The number of benzene rings is 1. The van der Waals surface area contributed by atoms with Crippen molar-refractivity contribution in [3.63, 3.8) is 0 Å². The maximum atomic E-state index is 12.6. The Labute approximate surface area is 170 Å². The standard InChI is InChI=1S/C18H20N2O6S2/c1-25-11-4-3-10(14(6-11)26-2)5-15-17(23)20(18(24)28-15)7-16(22)19-12-8-27-9-13(12)21/h3-6,12-13,21H,7-9H2,1-2H3,(H,19,22). The number of thioether (sulfide) groups is 2. The Bertz CT molecular complexity index is 828. The molecule has 150 valence electrons. The van der Waals surface area contributed by atoms with Crippen LogP contribution < -0.4 is 14.8 Å². The second-order valence-corrected chi connectivity index (χ2v) is 8.22. The lowest BCUT2D eigenvalue weighted by Gasteiger charge is -2.18. The Kier molecular flexibility index (Phi) is 6.53. The normalized spacial score (nSPS) is 23.4. The smallest absolute Gasteiger partial charge is 0.294 e. The Balaban J connectivity index is 1.71.